The van der Waals surface area contributed by atoms with Crippen molar-refractivity contribution in [1.29, 1.82) is 5.26 Å². The number of amides is 1. The molecule has 0 radical (unpaired) electrons. The number of nitrogens with zero attached hydrogens (tertiary/aromatic N) is 1. The number of benzene rings is 1. The van der Waals surface area contributed by atoms with Gasteiger partial charge in [0.1, 0.15) is 6.07 Å². The van der Waals surface area contributed by atoms with Gasteiger partial charge >= 0.3 is 0 Å². The van der Waals surface area contributed by atoms with Gasteiger partial charge in [-0.05, 0) is 12.1 Å². The molecule has 1 amide bonds. The van der Waals surface area contributed by atoms with E-state index < -0.39 is 15.7 Å². The van der Waals surface area contributed by atoms with Crippen LogP contribution >= 0.6 is 0 Å². The summed E-state index contributed by atoms with van der Waals surface area (Å²) in [6.45, 7) is 0.112. The summed E-state index contributed by atoms with van der Waals surface area (Å²) in [6.07, 6.45) is -0.147. The first kappa shape index (κ1) is 16.1. The number of anilines is 1. The largest absolute Gasteiger partial charge is 0.384 e. The van der Waals surface area contributed by atoms with Crippen molar-refractivity contribution in [2.45, 2.75) is 6.42 Å². The predicted octanol–water partition coefficient (Wildman–Crippen LogP) is 0.948. The van der Waals surface area contributed by atoms with Crippen LogP contribution in [0.25, 0.3) is 0 Å². The van der Waals surface area contributed by atoms with Crippen LogP contribution in [0.2, 0.25) is 0 Å². The number of sulfone groups is 1. The molecule has 0 aromatic heterocycles. The van der Waals surface area contributed by atoms with Crippen LogP contribution in [-0.2, 0) is 19.4 Å². The average Bonchev–Trinajstić information content (AvgIpc) is 2.44. The van der Waals surface area contributed by atoms with E-state index in [1.54, 1.807) is 24.3 Å². The Morgan fingerprint density at radius 2 is 2.05 bits per heavy atom. The molecule has 7 heteroatoms. The van der Waals surface area contributed by atoms with Crippen LogP contribution in [0.15, 0.2) is 24.3 Å². The molecule has 0 aliphatic carbocycles. The van der Waals surface area contributed by atoms with Crippen molar-refractivity contribution in [2.75, 3.05) is 30.5 Å². The normalized spacial score (nSPS) is 10.8. The maximum Gasteiger partial charge on any atom is 0.225 e. The summed E-state index contributed by atoms with van der Waals surface area (Å²) < 4.78 is 27.8. The van der Waals surface area contributed by atoms with Gasteiger partial charge in [-0.25, -0.2) is 8.42 Å². The van der Waals surface area contributed by atoms with Gasteiger partial charge in [-0.15, -0.1) is 0 Å². The topological polar surface area (TPSA) is 96.3 Å². The fourth-order valence-electron chi connectivity index (χ4n) is 1.46. The second kappa shape index (κ2) is 7.62. The molecule has 1 rings (SSSR count). The van der Waals surface area contributed by atoms with Gasteiger partial charge in [0.15, 0.2) is 9.84 Å². The van der Waals surface area contributed by atoms with E-state index in [0.29, 0.717) is 11.3 Å². The van der Waals surface area contributed by atoms with Crippen LogP contribution in [0.4, 0.5) is 5.69 Å². The lowest BCUT2D eigenvalue weighted by Crippen LogP contribution is -2.21. The number of carbonyl (C=O) groups excluding carboxylic acids is 1. The highest BCUT2D eigenvalue weighted by Crippen LogP contribution is 2.13. The molecule has 0 saturated heterocycles. The van der Waals surface area contributed by atoms with Crippen molar-refractivity contribution in [2.24, 2.45) is 0 Å². The maximum atomic E-state index is 11.7. The third-order valence-corrected chi connectivity index (χ3v) is 4.18. The van der Waals surface area contributed by atoms with Crippen LogP contribution in [0, 0.1) is 11.3 Å². The minimum Gasteiger partial charge on any atom is -0.384 e. The Morgan fingerprint density at radius 1 is 1.35 bits per heavy atom. The van der Waals surface area contributed by atoms with E-state index in [4.69, 9.17) is 10.00 Å². The van der Waals surface area contributed by atoms with Crippen LogP contribution in [0.5, 0.6) is 0 Å². The Morgan fingerprint density at radius 3 is 2.70 bits per heavy atom. The van der Waals surface area contributed by atoms with Crippen LogP contribution in [-0.4, -0.2) is 39.5 Å². The Labute approximate surface area is 118 Å². The van der Waals surface area contributed by atoms with E-state index in [0.717, 1.165) is 0 Å². The summed E-state index contributed by atoms with van der Waals surface area (Å²) in [5.41, 5.74) is 0.720. The number of ether oxygens (including phenoxy) is 1. The van der Waals surface area contributed by atoms with Gasteiger partial charge in [-0.3, -0.25) is 4.79 Å². The lowest BCUT2D eigenvalue weighted by molar-refractivity contribution is -0.115. The molecule has 0 saturated carbocycles. The number of nitrogens with one attached hydrogen (secondary N) is 1. The minimum absolute atomic E-state index is 0.106. The van der Waals surface area contributed by atoms with Crippen molar-refractivity contribution in [3.63, 3.8) is 0 Å². The Hall–Kier alpha value is -1.91. The van der Waals surface area contributed by atoms with E-state index in [-0.39, 0.29) is 24.5 Å². The molecule has 108 valence electrons. The monoisotopic (exact) mass is 296 g/mol. The second-order valence-electron chi connectivity index (χ2n) is 4.10. The molecule has 0 unspecified atom stereocenters. The average molecular weight is 296 g/mol. The Balaban J connectivity index is 2.55. The number of methoxy groups -OCH3 is 1. The summed E-state index contributed by atoms with van der Waals surface area (Å²) >= 11 is 0. The van der Waals surface area contributed by atoms with E-state index >= 15 is 0 Å². The van der Waals surface area contributed by atoms with Crippen molar-refractivity contribution >= 4 is 21.4 Å². The first-order valence-electron chi connectivity index (χ1n) is 5.97. The highest BCUT2D eigenvalue weighted by molar-refractivity contribution is 7.91. The molecule has 6 nitrogen and oxygen atoms in total. The van der Waals surface area contributed by atoms with Gasteiger partial charge < -0.3 is 10.1 Å². The third-order valence-electron chi connectivity index (χ3n) is 2.56. The third kappa shape index (κ3) is 5.38. The first-order valence-corrected chi connectivity index (χ1v) is 7.79. The van der Waals surface area contributed by atoms with Crippen molar-refractivity contribution in [3.05, 3.63) is 29.8 Å². The zero-order chi connectivity index (χ0) is 15.0. The zero-order valence-corrected chi connectivity index (χ0v) is 11.9. The Bertz CT molecular complexity index is 605. The fraction of sp³-hybridized carbons (Fsp3) is 0.385. The van der Waals surface area contributed by atoms with Gasteiger partial charge in [0.2, 0.25) is 5.91 Å². The number of para-hydroxylation sites is 1. The van der Waals surface area contributed by atoms with Gasteiger partial charge in [0, 0.05) is 13.5 Å². The molecule has 0 heterocycles. The molecule has 1 aromatic rings. The van der Waals surface area contributed by atoms with Gasteiger partial charge in [0.25, 0.3) is 0 Å². The Kier molecular flexibility index (Phi) is 6.15. The van der Waals surface area contributed by atoms with E-state index in [1.807, 2.05) is 6.07 Å². The van der Waals surface area contributed by atoms with E-state index in [2.05, 4.69) is 5.32 Å². The number of rotatable bonds is 7. The fourth-order valence-corrected chi connectivity index (χ4v) is 2.58. The lowest BCUT2D eigenvalue weighted by atomic mass is 10.2. The SMILES string of the molecule is COCCS(=O)(=O)CCC(=O)Nc1ccccc1C#N. The summed E-state index contributed by atoms with van der Waals surface area (Å²) in [7, 11) is -1.88. The molecule has 20 heavy (non-hydrogen) atoms. The molecule has 0 bridgehead atoms. The first-order chi connectivity index (χ1) is 9.48. The maximum absolute atomic E-state index is 11.7. The molecule has 0 fully saturated rings. The number of hydrogen-bond donors (Lipinski definition) is 1. The van der Waals surface area contributed by atoms with Gasteiger partial charge in [0.05, 0.1) is 29.4 Å². The zero-order valence-electron chi connectivity index (χ0n) is 11.1. The number of nitriles is 1. The van der Waals surface area contributed by atoms with Crippen molar-refractivity contribution in [3.8, 4) is 6.07 Å². The molecule has 1 N–H and O–H groups in total. The number of carbonyl (C=O) groups is 1. The van der Waals surface area contributed by atoms with E-state index in [9.17, 15) is 13.2 Å². The van der Waals surface area contributed by atoms with Crippen LogP contribution in [0.3, 0.4) is 0 Å². The molecule has 0 atom stereocenters. The van der Waals surface area contributed by atoms with Gasteiger partial charge in [-0.1, -0.05) is 12.1 Å². The van der Waals surface area contributed by atoms with Crippen LogP contribution in [0.1, 0.15) is 12.0 Å². The second-order valence-corrected chi connectivity index (χ2v) is 6.40. The summed E-state index contributed by atoms with van der Waals surface area (Å²) in [5.74, 6) is -0.781. The van der Waals surface area contributed by atoms with Gasteiger partial charge in [-0.2, -0.15) is 5.26 Å². The molecule has 1 aromatic carbocycles. The standard InChI is InChI=1S/C13H16N2O4S/c1-19-7-9-20(17,18)8-6-13(16)15-12-5-3-2-4-11(12)10-14/h2-5H,6-9H2,1H3,(H,15,16). The van der Waals surface area contributed by atoms with Crippen LogP contribution < -0.4 is 5.32 Å². The molecule has 0 aliphatic rings. The summed E-state index contributed by atoms with van der Waals surface area (Å²) in [6, 6.07) is 8.49. The summed E-state index contributed by atoms with van der Waals surface area (Å²) in [5, 5.41) is 11.4. The molecular weight excluding hydrogens is 280 g/mol. The molecule has 0 aliphatic heterocycles. The highest BCUT2D eigenvalue weighted by Gasteiger charge is 2.14. The minimum atomic E-state index is -3.30. The van der Waals surface area contributed by atoms with Crippen molar-refractivity contribution < 1.29 is 17.9 Å². The summed E-state index contributed by atoms with van der Waals surface area (Å²) in [4.78, 5) is 11.7. The predicted molar refractivity (Wildman–Crippen MR) is 74.9 cm³/mol. The molecular formula is C13H16N2O4S. The lowest BCUT2D eigenvalue weighted by Gasteiger charge is -2.07. The quantitative estimate of drug-likeness (QED) is 0.808. The number of hydrogen-bond acceptors (Lipinski definition) is 5. The van der Waals surface area contributed by atoms with Crippen molar-refractivity contribution in [1.82, 2.24) is 0 Å². The molecule has 0 spiro atoms. The highest BCUT2D eigenvalue weighted by atomic mass is 32.2. The smallest absolute Gasteiger partial charge is 0.225 e. The van der Waals surface area contributed by atoms with E-state index in [1.165, 1.54) is 7.11 Å².